The fraction of sp³-hybridized carbons (Fsp3) is 0.739. The van der Waals surface area contributed by atoms with Crippen LogP contribution in [0.4, 0.5) is 0 Å². The van der Waals surface area contributed by atoms with Crippen LogP contribution in [0.2, 0.25) is 0 Å². The lowest BCUT2D eigenvalue weighted by Crippen LogP contribution is -2.22. The van der Waals surface area contributed by atoms with Gasteiger partial charge in [0.2, 0.25) is 0 Å². The van der Waals surface area contributed by atoms with E-state index in [0.29, 0.717) is 0 Å². The van der Waals surface area contributed by atoms with Crippen LogP contribution in [0, 0.1) is 19.8 Å². The van der Waals surface area contributed by atoms with E-state index in [1.165, 1.54) is 75.1 Å². The Morgan fingerprint density at radius 1 is 0.880 bits per heavy atom. The van der Waals surface area contributed by atoms with E-state index in [1.807, 2.05) is 0 Å². The number of aryl methyl sites for hydroxylation is 2. The molecule has 2 aliphatic rings. The molecule has 0 N–H and O–H groups in total. The molecule has 1 aliphatic carbocycles. The van der Waals surface area contributed by atoms with Gasteiger partial charge in [-0.3, -0.25) is 0 Å². The Balaban J connectivity index is 1.62. The van der Waals surface area contributed by atoms with Gasteiger partial charge in [-0.05, 0) is 69.4 Å². The van der Waals surface area contributed by atoms with Crippen molar-refractivity contribution in [3.8, 4) is 5.75 Å². The lowest BCUT2D eigenvalue weighted by molar-refractivity contribution is 0.336. The number of benzene rings is 1. The van der Waals surface area contributed by atoms with Crippen molar-refractivity contribution >= 4 is 7.26 Å². The average molecular weight is 362 g/mol. The van der Waals surface area contributed by atoms with Gasteiger partial charge in [0.25, 0.3) is 0 Å². The van der Waals surface area contributed by atoms with E-state index in [0.717, 1.165) is 18.3 Å². The number of ether oxygens (including phenoxy) is 1. The molecular weight excluding hydrogens is 323 g/mol. The summed E-state index contributed by atoms with van der Waals surface area (Å²) in [5.74, 6) is 2.19. The first-order valence-corrected chi connectivity index (χ1v) is 13.3. The molecule has 0 spiro atoms. The standard InChI is InChI=1S/C23H38OP/c1-20-11-10-12-21(2)23(20)24-15-18-25(16-8-3-4-9-17-25)19-22-13-6-5-7-14-22/h10-12,22H,3-9,13-19H2,1-2H3/q+1. The molecule has 3 rings (SSSR count). The maximum absolute atomic E-state index is 6.35. The van der Waals surface area contributed by atoms with E-state index < -0.39 is 7.26 Å². The Kier molecular flexibility index (Phi) is 7.23. The molecule has 1 saturated heterocycles. The van der Waals surface area contributed by atoms with Crippen molar-refractivity contribution in [3.63, 3.8) is 0 Å². The molecule has 1 saturated carbocycles. The molecule has 0 aromatic heterocycles. The van der Waals surface area contributed by atoms with Crippen molar-refractivity contribution in [1.82, 2.24) is 0 Å². The summed E-state index contributed by atoms with van der Waals surface area (Å²) in [6, 6.07) is 6.50. The molecule has 1 aromatic carbocycles. The van der Waals surface area contributed by atoms with Crippen LogP contribution >= 0.6 is 7.26 Å². The Morgan fingerprint density at radius 2 is 1.48 bits per heavy atom. The Labute approximate surface area is 156 Å². The monoisotopic (exact) mass is 361 g/mol. The highest BCUT2D eigenvalue weighted by Gasteiger charge is 2.40. The summed E-state index contributed by atoms with van der Waals surface area (Å²) in [7, 11) is -0.794. The first-order valence-electron chi connectivity index (χ1n) is 10.7. The normalized spacial score (nSPS) is 21.7. The molecule has 25 heavy (non-hydrogen) atoms. The topological polar surface area (TPSA) is 9.23 Å². The van der Waals surface area contributed by atoms with Crippen LogP contribution in [-0.2, 0) is 0 Å². The lowest BCUT2D eigenvalue weighted by atomic mass is 9.91. The summed E-state index contributed by atoms with van der Waals surface area (Å²) in [6.07, 6.45) is 19.5. The minimum Gasteiger partial charge on any atom is -0.489 e. The summed E-state index contributed by atoms with van der Waals surface area (Å²) in [6.45, 7) is 5.31. The highest BCUT2D eigenvalue weighted by Crippen LogP contribution is 2.63. The summed E-state index contributed by atoms with van der Waals surface area (Å²) in [5, 5.41) is 0. The number of hydrogen-bond acceptors (Lipinski definition) is 1. The Hall–Kier alpha value is -0.550. The Bertz CT molecular complexity index is 505. The van der Waals surface area contributed by atoms with Crippen LogP contribution in [0.3, 0.4) is 0 Å². The third-order valence-electron chi connectivity index (χ3n) is 6.61. The molecule has 1 nitrogen and oxygen atoms in total. The molecule has 0 radical (unpaired) electrons. The highest BCUT2D eigenvalue weighted by atomic mass is 31.2. The molecule has 0 atom stereocenters. The zero-order valence-electron chi connectivity index (χ0n) is 16.6. The maximum Gasteiger partial charge on any atom is 0.125 e. The number of hydrogen-bond donors (Lipinski definition) is 0. The quantitative estimate of drug-likeness (QED) is 0.503. The number of rotatable bonds is 6. The third kappa shape index (κ3) is 5.46. The maximum atomic E-state index is 6.35. The van der Waals surface area contributed by atoms with Crippen LogP contribution in [0.25, 0.3) is 0 Å². The molecule has 140 valence electrons. The van der Waals surface area contributed by atoms with Gasteiger partial charge in [0.1, 0.15) is 12.4 Å². The molecule has 0 unspecified atom stereocenters. The van der Waals surface area contributed by atoms with Gasteiger partial charge in [0, 0.05) is 7.26 Å². The summed E-state index contributed by atoms with van der Waals surface area (Å²) in [5.41, 5.74) is 2.58. The van der Waals surface area contributed by atoms with Crippen molar-refractivity contribution in [2.75, 3.05) is 31.3 Å². The van der Waals surface area contributed by atoms with Crippen molar-refractivity contribution in [2.45, 2.75) is 71.6 Å². The number of para-hydroxylation sites is 1. The molecule has 1 heterocycles. The molecule has 2 fully saturated rings. The summed E-state index contributed by atoms with van der Waals surface area (Å²) in [4.78, 5) is 0. The zero-order chi connectivity index (χ0) is 17.5. The minimum absolute atomic E-state index is 0.794. The van der Waals surface area contributed by atoms with Crippen LogP contribution in [0.5, 0.6) is 5.75 Å². The van der Waals surface area contributed by atoms with Gasteiger partial charge in [-0.25, -0.2) is 0 Å². The van der Waals surface area contributed by atoms with E-state index in [2.05, 4.69) is 32.0 Å². The zero-order valence-corrected chi connectivity index (χ0v) is 17.5. The van der Waals surface area contributed by atoms with Crippen LogP contribution < -0.4 is 4.74 Å². The molecule has 0 bridgehead atoms. The van der Waals surface area contributed by atoms with E-state index in [-0.39, 0.29) is 0 Å². The van der Waals surface area contributed by atoms with Gasteiger partial charge >= 0.3 is 0 Å². The van der Waals surface area contributed by atoms with Crippen molar-refractivity contribution < 1.29 is 4.74 Å². The van der Waals surface area contributed by atoms with E-state index >= 15 is 0 Å². The van der Waals surface area contributed by atoms with Gasteiger partial charge < -0.3 is 4.74 Å². The second-order valence-electron chi connectivity index (χ2n) is 8.68. The Morgan fingerprint density at radius 3 is 2.12 bits per heavy atom. The van der Waals surface area contributed by atoms with E-state index in [4.69, 9.17) is 4.74 Å². The van der Waals surface area contributed by atoms with Crippen LogP contribution in [0.1, 0.15) is 68.9 Å². The fourth-order valence-electron chi connectivity index (χ4n) is 5.14. The summed E-state index contributed by atoms with van der Waals surface area (Å²) >= 11 is 0. The van der Waals surface area contributed by atoms with Crippen molar-refractivity contribution in [2.24, 2.45) is 5.92 Å². The smallest absolute Gasteiger partial charge is 0.125 e. The molecule has 1 aromatic rings. The molecular formula is C23H38OP+. The largest absolute Gasteiger partial charge is 0.489 e. The minimum atomic E-state index is -0.794. The summed E-state index contributed by atoms with van der Waals surface area (Å²) < 4.78 is 6.35. The van der Waals surface area contributed by atoms with E-state index in [9.17, 15) is 0 Å². The van der Waals surface area contributed by atoms with Gasteiger partial charge in [-0.15, -0.1) is 0 Å². The predicted molar refractivity (Wildman–Crippen MR) is 113 cm³/mol. The first kappa shape index (κ1) is 19.2. The van der Waals surface area contributed by atoms with Gasteiger partial charge in [-0.2, -0.15) is 0 Å². The second kappa shape index (κ2) is 9.40. The fourth-order valence-corrected chi connectivity index (χ4v) is 10.1. The highest BCUT2D eigenvalue weighted by molar-refractivity contribution is 7.75. The second-order valence-corrected chi connectivity index (χ2v) is 13.1. The van der Waals surface area contributed by atoms with Gasteiger partial charge in [0.15, 0.2) is 0 Å². The first-order chi connectivity index (χ1) is 12.2. The van der Waals surface area contributed by atoms with Crippen LogP contribution in [0.15, 0.2) is 18.2 Å². The predicted octanol–water partition coefficient (Wildman–Crippen LogP) is 6.85. The lowest BCUT2D eigenvalue weighted by Gasteiger charge is -2.32. The molecule has 2 heteroatoms. The van der Waals surface area contributed by atoms with E-state index in [1.54, 1.807) is 18.5 Å². The van der Waals surface area contributed by atoms with Crippen LogP contribution in [-0.4, -0.2) is 31.3 Å². The average Bonchev–Trinajstić information content (AvgIpc) is 2.84. The van der Waals surface area contributed by atoms with Crippen molar-refractivity contribution in [3.05, 3.63) is 29.3 Å². The van der Waals surface area contributed by atoms with Crippen molar-refractivity contribution in [1.29, 1.82) is 0 Å². The third-order valence-corrected chi connectivity index (χ3v) is 11.6. The van der Waals surface area contributed by atoms with Gasteiger partial charge in [0.05, 0.1) is 24.6 Å². The van der Waals surface area contributed by atoms with Gasteiger partial charge in [-0.1, -0.05) is 37.5 Å². The molecule has 1 aliphatic heterocycles. The SMILES string of the molecule is Cc1cccc(C)c1OCC[P+]1(CC2CCCCC2)CCCCCC1. The molecule has 0 amide bonds.